The Bertz CT molecular complexity index is 495. The van der Waals surface area contributed by atoms with Crippen LogP contribution < -0.4 is 0 Å². The van der Waals surface area contributed by atoms with Crippen LogP contribution in [0, 0.1) is 22.7 Å². The molecule has 0 amide bonds. The number of phenols is 1. The lowest BCUT2D eigenvalue weighted by Gasteiger charge is -2.10. The Hall–Kier alpha value is -2.21. The van der Waals surface area contributed by atoms with E-state index in [1.807, 2.05) is 0 Å². The van der Waals surface area contributed by atoms with Crippen LogP contribution in [0.15, 0.2) is 12.1 Å². The molecule has 1 aromatic rings. The molecule has 1 N–H and O–H groups in total. The molecular weight excluding hydrogens is 221 g/mol. The number of aromatic hydroxyl groups is 1. The van der Waals surface area contributed by atoms with Crippen LogP contribution in [0.2, 0.25) is 0 Å². The third-order valence-electron chi connectivity index (χ3n) is 1.91. The van der Waals surface area contributed by atoms with Crippen LogP contribution in [0.3, 0.4) is 0 Å². The summed E-state index contributed by atoms with van der Waals surface area (Å²) in [6.45, 7) is 0. The molecule has 0 atom stereocenters. The van der Waals surface area contributed by atoms with Gasteiger partial charge in [-0.05, 0) is 12.1 Å². The predicted octanol–water partition coefficient (Wildman–Crippen LogP) is 2.35. The molecule has 0 radical (unpaired) electrons. The molecule has 0 aliphatic rings. The molecule has 6 heteroatoms. The second-order valence-electron chi connectivity index (χ2n) is 2.97. The maximum atomic E-state index is 12.5. The lowest BCUT2D eigenvalue weighted by Crippen LogP contribution is -2.08. The molecule has 3 nitrogen and oxygen atoms in total. The molecule has 0 saturated carbocycles. The van der Waals surface area contributed by atoms with Crippen molar-refractivity contribution in [1.82, 2.24) is 0 Å². The number of rotatable bonds is 1. The van der Waals surface area contributed by atoms with E-state index in [0.29, 0.717) is 6.07 Å². The number of benzene rings is 1. The number of phenolic OH excluding ortho intramolecular Hbond substituents is 1. The van der Waals surface area contributed by atoms with E-state index in [-0.39, 0.29) is 12.0 Å². The summed E-state index contributed by atoms with van der Waals surface area (Å²) in [6.07, 6.45) is -5.02. The van der Waals surface area contributed by atoms with Gasteiger partial charge in [0.25, 0.3) is 0 Å². The maximum absolute atomic E-state index is 12.5. The molecule has 0 unspecified atom stereocenters. The highest BCUT2D eigenvalue weighted by Gasteiger charge is 2.34. The van der Waals surface area contributed by atoms with Crippen LogP contribution in [-0.2, 0) is 12.6 Å². The Balaban J connectivity index is 3.43. The van der Waals surface area contributed by atoms with E-state index >= 15 is 0 Å². The van der Waals surface area contributed by atoms with Crippen LogP contribution >= 0.6 is 0 Å². The zero-order valence-corrected chi connectivity index (χ0v) is 7.84. The van der Waals surface area contributed by atoms with Crippen LogP contribution in [0.25, 0.3) is 0 Å². The molecule has 0 fully saturated rings. The van der Waals surface area contributed by atoms with Crippen molar-refractivity contribution in [3.8, 4) is 17.9 Å². The van der Waals surface area contributed by atoms with E-state index in [9.17, 15) is 18.3 Å². The highest BCUT2D eigenvalue weighted by atomic mass is 19.4. The molecule has 0 bridgehead atoms. The standard InChI is InChI=1S/C10H5F3N2O/c11-10(12,13)8-3-6(1-2-14)9(16)4-7(8)5-15/h3-4,16H,1H2. The first-order valence-electron chi connectivity index (χ1n) is 4.10. The largest absolute Gasteiger partial charge is 0.508 e. The lowest BCUT2D eigenvalue weighted by molar-refractivity contribution is -0.137. The molecule has 0 spiro atoms. The summed E-state index contributed by atoms with van der Waals surface area (Å²) in [6, 6.07) is 4.32. The van der Waals surface area contributed by atoms with Crippen LogP contribution in [0.5, 0.6) is 5.75 Å². The maximum Gasteiger partial charge on any atom is 0.417 e. The topological polar surface area (TPSA) is 67.8 Å². The first-order valence-corrected chi connectivity index (χ1v) is 4.10. The van der Waals surface area contributed by atoms with Crippen molar-refractivity contribution in [3.63, 3.8) is 0 Å². The van der Waals surface area contributed by atoms with E-state index in [1.165, 1.54) is 6.07 Å². The van der Waals surface area contributed by atoms with Gasteiger partial charge in [0.1, 0.15) is 5.75 Å². The summed E-state index contributed by atoms with van der Waals surface area (Å²) < 4.78 is 37.4. The van der Waals surface area contributed by atoms with Crippen LogP contribution in [0.4, 0.5) is 13.2 Å². The fourth-order valence-corrected chi connectivity index (χ4v) is 1.19. The summed E-state index contributed by atoms with van der Waals surface area (Å²) in [5, 5.41) is 26.1. The van der Waals surface area contributed by atoms with Crippen LogP contribution in [0.1, 0.15) is 16.7 Å². The zero-order chi connectivity index (χ0) is 12.3. The van der Waals surface area contributed by atoms with Gasteiger partial charge in [-0.2, -0.15) is 23.7 Å². The Morgan fingerprint density at radius 1 is 1.25 bits per heavy atom. The first-order chi connectivity index (χ1) is 7.40. The molecule has 16 heavy (non-hydrogen) atoms. The third kappa shape index (κ3) is 2.23. The number of alkyl halides is 3. The van der Waals surface area contributed by atoms with E-state index in [4.69, 9.17) is 10.5 Å². The molecule has 0 saturated heterocycles. The van der Waals surface area contributed by atoms with Crippen molar-refractivity contribution in [3.05, 3.63) is 28.8 Å². The smallest absolute Gasteiger partial charge is 0.417 e. The lowest BCUT2D eigenvalue weighted by atomic mass is 10.0. The van der Waals surface area contributed by atoms with Gasteiger partial charge in [-0.15, -0.1) is 0 Å². The van der Waals surface area contributed by atoms with Crippen molar-refractivity contribution in [1.29, 1.82) is 10.5 Å². The molecule has 0 aromatic heterocycles. The van der Waals surface area contributed by atoms with Gasteiger partial charge in [0.2, 0.25) is 0 Å². The molecule has 1 aromatic carbocycles. The second kappa shape index (κ2) is 4.11. The summed E-state index contributed by atoms with van der Waals surface area (Å²) in [7, 11) is 0. The molecule has 0 aliphatic heterocycles. The fourth-order valence-electron chi connectivity index (χ4n) is 1.19. The minimum atomic E-state index is -4.68. The van der Waals surface area contributed by atoms with E-state index in [1.54, 1.807) is 6.07 Å². The number of hydrogen-bond donors (Lipinski definition) is 1. The Kier molecular flexibility index (Phi) is 3.05. The quantitative estimate of drug-likeness (QED) is 0.799. The molecule has 0 aliphatic carbocycles. The highest BCUT2D eigenvalue weighted by Crippen LogP contribution is 2.35. The van der Waals surface area contributed by atoms with Crippen molar-refractivity contribution in [2.24, 2.45) is 0 Å². The fraction of sp³-hybridized carbons (Fsp3) is 0.200. The molecule has 0 heterocycles. The highest BCUT2D eigenvalue weighted by molar-refractivity contribution is 5.49. The van der Waals surface area contributed by atoms with E-state index < -0.39 is 23.1 Å². The van der Waals surface area contributed by atoms with E-state index in [2.05, 4.69) is 0 Å². The van der Waals surface area contributed by atoms with Gasteiger partial charge in [0, 0.05) is 5.56 Å². The summed E-state index contributed by atoms with van der Waals surface area (Å²) in [4.78, 5) is 0. The normalized spacial score (nSPS) is 10.6. The minimum Gasteiger partial charge on any atom is -0.508 e. The average Bonchev–Trinajstić information content (AvgIpc) is 2.19. The summed E-state index contributed by atoms with van der Waals surface area (Å²) >= 11 is 0. The monoisotopic (exact) mass is 226 g/mol. The summed E-state index contributed by atoms with van der Waals surface area (Å²) in [5.41, 5.74) is -1.95. The zero-order valence-electron chi connectivity index (χ0n) is 7.84. The van der Waals surface area contributed by atoms with Gasteiger partial charge < -0.3 is 5.11 Å². The molecule has 1 rings (SSSR count). The van der Waals surface area contributed by atoms with Gasteiger partial charge in [-0.3, -0.25) is 0 Å². The number of nitrogens with zero attached hydrogens (tertiary/aromatic N) is 2. The van der Waals surface area contributed by atoms with Gasteiger partial charge in [-0.1, -0.05) is 0 Å². The predicted molar refractivity (Wildman–Crippen MR) is 47.1 cm³/mol. The summed E-state index contributed by atoms with van der Waals surface area (Å²) in [5.74, 6) is -0.480. The number of hydrogen-bond acceptors (Lipinski definition) is 3. The third-order valence-corrected chi connectivity index (χ3v) is 1.91. The number of nitriles is 2. The minimum absolute atomic E-state index is 0.145. The Morgan fingerprint density at radius 3 is 2.31 bits per heavy atom. The van der Waals surface area contributed by atoms with Crippen molar-refractivity contribution in [2.75, 3.05) is 0 Å². The molecule has 82 valence electrons. The molecular formula is C10H5F3N2O. The van der Waals surface area contributed by atoms with Gasteiger partial charge in [0.15, 0.2) is 0 Å². The first kappa shape index (κ1) is 11.9. The van der Waals surface area contributed by atoms with Gasteiger partial charge in [0.05, 0.1) is 29.7 Å². The SMILES string of the molecule is N#CCc1cc(C(F)(F)F)c(C#N)cc1O. The van der Waals surface area contributed by atoms with Crippen molar-refractivity contribution < 1.29 is 18.3 Å². The Labute approximate surface area is 89.0 Å². The average molecular weight is 226 g/mol. The second-order valence-corrected chi connectivity index (χ2v) is 2.97. The number of halogens is 3. The van der Waals surface area contributed by atoms with Crippen molar-refractivity contribution >= 4 is 0 Å². The van der Waals surface area contributed by atoms with E-state index in [0.717, 1.165) is 6.07 Å². The van der Waals surface area contributed by atoms with Crippen molar-refractivity contribution in [2.45, 2.75) is 12.6 Å². The van der Waals surface area contributed by atoms with Crippen LogP contribution in [-0.4, -0.2) is 5.11 Å². The van der Waals surface area contributed by atoms with Gasteiger partial charge >= 0.3 is 6.18 Å². The Morgan fingerprint density at radius 2 is 1.88 bits per heavy atom. The van der Waals surface area contributed by atoms with Gasteiger partial charge in [-0.25, -0.2) is 0 Å².